The van der Waals surface area contributed by atoms with E-state index in [1.54, 1.807) is 25.7 Å². The quantitative estimate of drug-likeness (QED) is 0.425. The molecule has 0 aliphatic carbocycles. The highest BCUT2D eigenvalue weighted by Crippen LogP contribution is 2.38. The van der Waals surface area contributed by atoms with Gasteiger partial charge < -0.3 is 19.4 Å². The van der Waals surface area contributed by atoms with Crippen LogP contribution in [0.25, 0.3) is 0 Å². The molecular weight excluding hydrogens is 508 g/mol. The van der Waals surface area contributed by atoms with Crippen LogP contribution in [0.4, 0.5) is 21.0 Å². The molecule has 2 fully saturated rings. The molecule has 2 aromatic rings. The van der Waals surface area contributed by atoms with E-state index in [4.69, 9.17) is 9.47 Å². The smallest absolute Gasteiger partial charge is 0.415 e. The fraction of sp³-hybridized carbons (Fsp3) is 0.531. The van der Waals surface area contributed by atoms with Gasteiger partial charge in [-0.05, 0) is 122 Å². The number of anilines is 2. The molecular formula is C32H46N2O6. The zero-order valence-corrected chi connectivity index (χ0v) is 25.0. The van der Waals surface area contributed by atoms with Crippen molar-refractivity contribution in [1.29, 1.82) is 0 Å². The number of benzene rings is 2. The van der Waals surface area contributed by atoms with E-state index in [1.165, 1.54) is 10.5 Å². The Morgan fingerprint density at radius 3 is 1.57 bits per heavy atom. The van der Waals surface area contributed by atoms with Crippen LogP contribution in [0, 0.1) is 41.5 Å². The van der Waals surface area contributed by atoms with Crippen LogP contribution in [0.1, 0.15) is 75.4 Å². The molecule has 220 valence electrons. The first-order valence-electron chi connectivity index (χ1n) is 13.3. The highest BCUT2D eigenvalue weighted by atomic mass is 16.6. The minimum atomic E-state index is -0.802. The van der Waals surface area contributed by atoms with Crippen LogP contribution in [-0.4, -0.2) is 53.0 Å². The zero-order valence-electron chi connectivity index (χ0n) is 25.0. The molecule has 2 aliphatic rings. The van der Waals surface area contributed by atoms with E-state index < -0.39 is 41.6 Å². The van der Waals surface area contributed by atoms with Gasteiger partial charge in [-0.1, -0.05) is 19.6 Å². The van der Waals surface area contributed by atoms with E-state index >= 15 is 0 Å². The number of hydrogen-bond donors (Lipinski definition) is 1. The Kier molecular flexibility index (Phi) is 9.53. The number of ether oxygens (including phenoxy) is 2. The number of carbonyl (C=O) groups excluding carboxylic acids is 3. The van der Waals surface area contributed by atoms with Gasteiger partial charge in [-0.15, -0.1) is 0 Å². The average molecular weight is 555 g/mol. The zero-order chi connectivity index (χ0) is 29.6. The van der Waals surface area contributed by atoms with Gasteiger partial charge in [0.15, 0.2) is 0 Å². The Bertz CT molecular complexity index is 1300. The number of rotatable bonds is 4. The molecule has 0 radical (unpaired) electrons. The number of carbonyl (C=O) groups is 3. The van der Waals surface area contributed by atoms with Crippen molar-refractivity contribution in [3.63, 3.8) is 0 Å². The van der Waals surface area contributed by atoms with Gasteiger partial charge in [0.05, 0.1) is 17.5 Å². The molecule has 8 nitrogen and oxygen atoms in total. The van der Waals surface area contributed by atoms with E-state index in [2.05, 4.69) is 0 Å². The molecule has 1 N–H and O–H groups in total. The topological polar surface area (TPSA) is 96.4 Å². The molecule has 2 amide bonds. The number of hydrogen-bond acceptors (Lipinski definition) is 6. The summed E-state index contributed by atoms with van der Waals surface area (Å²) >= 11 is 0. The molecule has 8 heteroatoms. The van der Waals surface area contributed by atoms with Crippen molar-refractivity contribution in [2.75, 3.05) is 9.80 Å². The second-order valence-corrected chi connectivity index (χ2v) is 11.8. The maximum Gasteiger partial charge on any atom is 0.415 e. The summed E-state index contributed by atoms with van der Waals surface area (Å²) in [6.07, 6.45) is -0.752. The van der Waals surface area contributed by atoms with Crippen molar-refractivity contribution in [2.24, 2.45) is 0 Å². The Balaban J connectivity index is 0.000000274. The maximum atomic E-state index is 12.2. The largest absolute Gasteiger partial charge is 0.441 e. The van der Waals surface area contributed by atoms with E-state index in [1.807, 2.05) is 79.7 Å². The molecule has 0 saturated carbocycles. The van der Waals surface area contributed by atoms with E-state index in [0.29, 0.717) is 0 Å². The normalized spacial score (nSPS) is 21.6. The van der Waals surface area contributed by atoms with E-state index in [-0.39, 0.29) is 7.43 Å². The van der Waals surface area contributed by atoms with Crippen LogP contribution in [-0.2, 0) is 14.3 Å². The van der Waals surface area contributed by atoms with Crippen molar-refractivity contribution in [3.05, 3.63) is 57.6 Å². The van der Waals surface area contributed by atoms with Gasteiger partial charge in [0.25, 0.3) is 0 Å². The minimum Gasteiger partial charge on any atom is -0.441 e. The third-order valence-electron chi connectivity index (χ3n) is 8.24. The number of aliphatic hydroxyl groups is 1. The standard InChI is InChI=1S/C16H23NO3.C15H19NO3.CH4/c1-9-7-8-13(11(3)10(9)2)17-14(12(4)18)16(5,6)20-15(17)19;1-9-6-7-12(11(3)10(9)2)16-13(8-17)15(4,5)19-14(16)18;/h7-8,12,14,18H,1-6H3;6-8,13H,1-5H3;1H4/t12?,14-;13-;/m00./s1. The van der Waals surface area contributed by atoms with Crippen LogP contribution in [0.15, 0.2) is 24.3 Å². The lowest BCUT2D eigenvalue weighted by molar-refractivity contribution is -0.111. The first kappa shape index (κ1) is 32.8. The second-order valence-electron chi connectivity index (χ2n) is 11.8. The van der Waals surface area contributed by atoms with Crippen LogP contribution in [0.5, 0.6) is 0 Å². The number of cyclic esters (lactones) is 2. The first-order chi connectivity index (χ1) is 18.0. The SMILES string of the molecule is C.Cc1ccc(N2C(=O)OC(C)(C)[C@@H]2C(C)O)c(C)c1C.Cc1ccc(N2C(=O)OC(C)(C)[C@@H]2C=O)c(C)c1C. The van der Waals surface area contributed by atoms with Crippen molar-refractivity contribution in [3.8, 4) is 0 Å². The number of amides is 2. The molecule has 0 aromatic heterocycles. The second kappa shape index (κ2) is 11.6. The van der Waals surface area contributed by atoms with Gasteiger partial charge >= 0.3 is 12.2 Å². The number of nitrogens with zero attached hydrogens (tertiary/aromatic N) is 2. The van der Waals surface area contributed by atoms with Gasteiger partial charge in [0, 0.05) is 0 Å². The van der Waals surface area contributed by atoms with E-state index in [9.17, 15) is 19.5 Å². The lowest BCUT2D eigenvalue weighted by Gasteiger charge is -2.32. The number of aldehydes is 1. The van der Waals surface area contributed by atoms with Crippen molar-refractivity contribution in [1.82, 2.24) is 0 Å². The Hall–Kier alpha value is -3.39. The summed E-state index contributed by atoms with van der Waals surface area (Å²) in [5.41, 5.74) is 6.73. The molecule has 2 aliphatic heterocycles. The lowest BCUT2D eigenvalue weighted by atomic mass is 9.92. The van der Waals surface area contributed by atoms with Gasteiger partial charge in [-0.25, -0.2) is 9.59 Å². The number of aryl methyl sites for hydroxylation is 2. The number of aliphatic hydroxyl groups excluding tert-OH is 1. The third kappa shape index (κ3) is 5.73. The van der Waals surface area contributed by atoms with Crippen LogP contribution in [0.3, 0.4) is 0 Å². The summed E-state index contributed by atoms with van der Waals surface area (Å²) in [5, 5.41) is 10.1. The summed E-state index contributed by atoms with van der Waals surface area (Å²) < 4.78 is 10.7. The molecule has 4 rings (SSSR count). The summed E-state index contributed by atoms with van der Waals surface area (Å²) in [4.78, 5) is 38.7. The summed E-state index contributed by atoms with van der Waals surface area (Å²) in [7, 11) is 0. The molecule has 2 saturated heterocycles. The van der Waals surface area contributed by atoms with Gasteiger partial charge in [0.2, 0.25) is 0 Å². The maximum absolute atomic E-state index is 12.2. The van der Waals surface area contributed by atoms with E-state index in [0.717, 1.165) is 45.5 Å². The Morgan fingerprint density at radius 1 is 0.750 bits per heavy atom. The molecule has 40 heavy (non-hydrogen) atoms. The fourth-order valence-electron chi connectivity index (χ4n) is 5.44. The minimum absolute atomic E-state index is 0. The monoisotopic (exact) mass is 554 g/mol. The molecule has 1 unspecified atom stereocenters. The van der Waals surface area contributed by atoms with Crippen LogP contribution in [0.2, 0.25) is 0 Å². The molecule has 2 heterocycles. The molecule has 0 bridgehead atoms. The lowest BCUT2D eigenvalue weighted by Crippen LogP contribution is -2.49. The fourth-order valence-corrected chi connectivity index (χ4v) is 5.44. The molecule has 2 aromatic carbocycles. The summed E-state index contributed by atoms with van der Waals surface area (Å²) in [5.74, 6) is 0. The third-order valence-corrected chi connectivity index (χ3v) is 8.24. The average Bonchev–Trinajstić information content (AvgIpc) is 3.21. The molecule has 0 spiro atoms. The van der Waals surface area contributed by atoms with Crippen molar-refractivity contribution < 1.29 is 29.0 Å². The highest BCUT2D eigenvalue weighted by Gasteiger charge is 2.51. The van der Waals surface area contributed by atoms with Crippen LogP contribution >= 0.6 is 0 Å². The van der Waals surface area contributed by atoms with Crippen molar-refractivity contribution >= 4 is 29.8 Å². The summed E-state index contributed by atoms with van der Waals surface area (Å²) in [6.45, 7) is 20.9. The van der Waals surface area contributed by atoms with Gasteiger partial charge in [0.1, 0.15) is 29.6 Å². The van der Waals surface area contributed by atoms with Crippen LogP contribution < -0.4 is 9.80 Å². The highest BCUT2D eigenvalue weighted by molar-refractivity contribution is 5.97. The first-order valence-corrected chi connectivity index (χ1v) is 13.3. The predicted molar refractivity (Wildman–Crippen MR) is 159 cm³/mol. The predicted octanol–water partition coefficient (Wildman–Crippen LogP) is 6.65. The van der Waals surface area contributed by atoms with Gasteiger partial charge in [-0.2, -0.15) is 0 Å². The Morgan fingerprint density at radius 2 is 1.15 bits per heavy atom. The summed E-state index contributed by atoms with van der Waals surface area (Å²) in [6, 6.07) is 6.76. The molecule has 3 atom stereocenters. The van der Waals surface area contributed by atoms with Crippen molar-refractivity contribution in [2.45, 2.75) is 113 Å². The van der Waals surface area contributed by atoms with Gasteiger partial charge in [-0.3, -0.25) is 9.80 Å². The Labute approximate surface area is 239 Å².